The van der Waals surface area contributed by atoms with Crippen molar-refractivity contribution in [3.63, 3.8) is 0 Å². The van der Waals surface area contributed by atoms with Crippen molar-refractivity contribution in [2.45, 2.75) is 13.3 Å². The van der Waals surface area contributed by atoms with E-state index in [-0.39, 0.29) is 0 Å². The maximum Gasteiger partial charge on any atom is 0.129 e. The van der Waals surface area contributed by atoms with Gasteiger partial charge in [0.2, 0.25) is 0 Å². The molecule has 0 unspecified atom stereocenters. The van der Waals surface area contributed by atoms with Crippen LogP contribution in [0, 0.1) is 0 Å². The molecular weight excluding hydrogens is 234 g/mol. The lowest BCUT2D eigenvalue weighted by molar-refractivity contribution is 0.483. The smallest absolute Gasteiger partial charge is 0.129 e. The van der Waals surface area contributed by atoms with E-state index in [4.69, 9.17) is 4.74 Å². The van der Waals surface area contributed by atoms with Crippen LogP contribution in [0.4, 0.5) is 5.69 Å². The van der Waals surface area contributed by atoms with E-state index in [1.54, 1.807) is 0 Å². The van der Waals surface area contributed by atoms with E-state index in [0.717, 1.165) is 30.2 Å². The molecule has 1 N–H and O–H groups in total. The van der Waals surface area contributed by atoms with Crippen LogP contribution in [0.25, 0.3) is 0 Å². The zero-order valence-electron chi connectivity index (χ0n) is 11.2. The summed E-state index contributed by atoms with van der Waals surface area (Å²) in [7, 11) is 0. The Hall–Kier alpha value is -2.22. The van der Waals surface area contributed by atoms with Crippen LogP contribution in [-0.4, -0.2) is 6.54 Å². The summed E-state index contributed by atoms with van der Waals surface area (Å²) < 4.78 is 5.79. The minimum absolute atomic E-state index is 0.797. The summed E-state index contributed by atoms with van der Waals surface area (Å²) in [4.78, 5) is 0. The molecule has 0 saturated heterocycles. The van der Waals surface area contributed by atoms with Crippen molar-refractivity contribution in [3.8, 4) is 11.5 Å². The van der Waals surface area contributed by atoms with Crippen LogP contribution in [-0.2, 0) is 0 Å². The zero-order valence-corrected chi connectivity index (χ0v) is 11.2. The van der Waals surface area contributed by atoms with Crippen LogP contribution in [0.3, 0.4) is 0 Å². The molecule has 0 atom stereocenters. The van der Waals surface area contributed by atoms with Gasteiger partial charge in [0.05, 0.1) is 0 Å². The molecule has 19 heavy (non-hydrogen) atoms. The molecule has 0 saturated carbocycles. The molecule has 0 radical (unpaired) electrons. The fourth-order valence-corrected chi connectivity index (χ4v) is 1.65. The van der Waals surface area contributed by atoms with Gasteiger partial charge in [-0.1, -0.05) is 43.3 Å². The molecule has 2 aromatic rings. The molecule has 0 aliphatic rings. The molecule has 2 nitrogen and oxygen atoms in total. The van der Waals surface area contributed by atoms with Crippen LogP contribution >= 0.6 is 0 Å². The topological polar surface area (TPSA) is 21.3 Å². The Labute approximate surface area is 114 Å². The first kappa shape index (κ1) is 13.2. The summed E-state index contributed by atoms with van der Waals surface area (Å²) in [6.07, 6.45) is 0.993. The first-order valence-corrected chi connectivity index (χ1v) is 6.51. The minimum Gasteiger partial charge on any atom is -0.457 e. The normalized spacial score (nSPS) is 9.95. The fourth-order valence-electron chi connectivity index (χ4n) is 1.65. The van der Waals surface area contributed by atoms with Crippen molar-refractivity contribution in [1.82, 2.24) is 0 Å². The predicted octanol–water partition coefficient (Wildman–Crippen LogP) is 4.86. The summed E-state index contributed by atoms with van der Waals surface area (Å²) in [5.74, 6) is 1.68. The number of hydrogen-bond donors (Lipinski definition) is 1. The zero-order chi connectivity index (χ0) is 13.5. The molecule has 0 aliphatic carbocycles. The molecule has 2 heteroatoms. The van der Waals surface area contributed by atoms with Gasteiger partial charge in [-0.15, -0.1) is 0 Å². The van der Waals surface area contributed by atoms with Gasteiger partial charge in [-0.25, -0.2) is 0 Å². The SMILES string of the molecule is C=C(CC)CNc1cccc(Oc2ccccc2)c1. The Bertz CT molecular complexity index is 534. The molecule has 2 rings (SSSR count). The molecule has 0 spiro atoms. The lowest BCUT2D eigenvalue weighted by Gasteiger charge is -2.10. The lowest BCUT2D eigenvalue weighted by atomic mass is 10.2. The summed E-state index contributed by atoms with van der Waals surface area (Å²) in [5.41, 5.74) is 2.23. The molecule has 0 bridgehead atoms. The first-order valence-electron chi connectivity index (χ1n) is 6.51. The van der Waals surface area contributed by atoms with E-state index in [9.17, 15) is 0 Å². The molecule has 0 heterocycles. The van der Waals surface area contributed by atoms with E-state index in [0.29, 0.717) is 0 Å². The van der Waals surface area contributed by atoms with Gasteiger partial charge in [0.25, 0.3) is 0 Å². The van der Waals surface area contributed by atoms with Gasteiger partial charge in [-0.05, 0) is 30.7 Å². The molecule has 98 valence electrons. The summed E-state index contributed by atoms with van der Waals surface area (Å²) in [5, 5.41) is 3.34. The van der Waals surface area contributed by atoms with E-state index < -0.39 is 0 Å². The van der Waals surface area contributed by atoms with E-state index in [1.807, 2.05) is 54.6 Å². The third-order valence-electron chi connectivity index (χ3n) is 2.86. The number of benzene rings is 2. The van der Waals surface area contributed by atoms with Crippen LogP contribution < -0.4 is 10.1 Å². The number of anilines is 1. The van der Waals surface area contributed by atoms with Gasteiger partial charge in [-0.3, -0.25) is 0 Å². The number of ether oxygens (including phenoxy) is 1. The molecule has 2 aromatic carbocycles. The quantitative estimate of drug-likeness (QED) is 0.742. The predicted molar refractivity (Wildman–Crippen MR) is 80.9 cm³/mol. The van der Waals surface area contributed by atoms with E-state index in [2.05, 4.69) is 18.8 Å². The highest BCUT2D eigenvalue weighted by molar-refractivity contribution is 5.49. The average Bonchev–Trinajstić information content (AvgIpc) is 2.46. The number of rotatable bonds is 6. The Balaban J connectivity index is 2.01. The van der Waals surface area contributed by atoms with Gasteiger partial charge in [-0.2, -0.15) is 0 Å². The van der Waals surface area contributed by atoms with Gasteiger partial charge in [0.1, 0.15) is 11.5 Å². The van der Waals surface area contributed by atoms with Gasteiger partial charge < -0.3 is 10.1 Å². The van der Waals surface area contributed by atoms with Gasteiger partial charge >= 0.3 is 0 Å². The maximum absolute atomic E-state index is 5.79. The maximum atomic E-state index is 5.79. The Morgan fingerprint density at radius 2 is 1.79 bits per heavy atom. The Morgan fingerprint density at radius 1 is 1.05 bits per heavy atom. The highest BCUT2D eigenvalue weighted by Gasteiger charge is 1.99. The number of hydrogen-bond acceptors (Lipinski definition) is 2. The Morgan fingerprint density at radius 3 is 2.53 bits per heavy atom. The Kier molecular flexibility index (Phi) is 4.62. The average molecular weight is 253 g/mol. The number of nitrogens with one attached hydrogen (secondary N) is 1. The van der Waals surface area contributed by atoms with Crippen molar-refractivity contribution < 1.29 is 4.74 Å². The third-order valence-corrected chi connectivity index (χ3v) is 2.86. The molecule has 0 fully saturated rings. The van der Waals surface area contributed by atoms with Crippen molar-refractivity contribution in [1.29, 1.82) is 0 Å². The van der Waals surface area contributed by atoms with Crippen molar-refractivity contribution in [3.05, 3.63) is 66.7 Å². The van der Waals surface area contributed by atoms with Crippen LogP contribution in [0.2, 0.25) is 0 Å². The van der Waals surface area contributed by atoms with Crippen LogP contribution in [0.1, 0.15) is 13.3 Å². The fraction of sp³-hybridized carbons (Fsp3) is 0.176. The second-order valence-corrected chi connectivity index (χ2v) is 4.40. The lowest BCUT2D eigenvalue weighted by Crippen LogP contribution is -2.03. The largest absolute Gasteiger partial charge is 0.457 e. The van der Waals surface area contributed by atoms with E-state index >= 15 is 0 Å². The highest BCUT2D eigenvalue weighted by atomic mass is 16.5. The molecular formula is C17H19NO. The van der Waals surface area contributed by atoms with Crippen LogP contribution in [0.15, 0.2) is 66.7 Å². The monoisotopic (exact) mass is 253 g/mol. The van der Waals surface area contributed by atoms with E-state index in [1.165, 1.54) is 5.57 Å². The highest BCUT2D eigenvalue weighted by Crippen LogP contribution is 2.23. The van der Waals surface area contributed by atoms with Crippen LogP contribution in [0.5, 0.6) is 11.5 Å². The van der Waals surface area contributed by atoms with Gasteiger partial charge in [0, 0.05) is 18.3 Å². The standard InChI is InChI=1S/C17H19NO/c1-3-14(2)13-18-15-8-7-11-17(12-15)19-16-9-5-4-6-10-16/h4-12,18H,2-3,13H2,1H3. The minimum atomic E-state index is 0.797. The summed E-state index contributed by atoms with van der Waals surface area (Å²) in [6, 6.07) is 17.7. The first-order chi connectivity index (χ1) is 9.28. The summed E-state index contributed by atoms with van der Waals surface area (Å²) >= 11 is 0. The molecule has 0 aliphatic heterocycles. The summed E-state index contributed by atoms with van der Waals surface area (Å²) in [6.45, 7) is 6.89. The third kappa shape index (κ3) is 4.18. The molecule has 0 amide bonds. The van der Waals surface area contributed by atoms with Crippen molar-refractivity contribution >= 4 is 5.69 Å². The van der Waals surface area contributed by atoms with Gasteiger partial charge in [0.15, 0.2) is 0 Å². The van der Waals surface area contributed by atoms with Crippen molar-refractivity contribution in [2.75, 3.05) is 11.9 Å². The second kappa shape index (κ2) is 6.64. The number of para-hydroxylation sites is 1. The molecule has 0 aromatic heterocycles. The second-order valence-electron chi connectivity index (χ2n) is 4.40. The van der Waals surface area contributed by atoms with Crippen molar-refractivity contribution in [2.24, 2.45) is 0 Å².